The molecular formula is C14H22N2O3. The Morgan fingerprint density at radius 1 is 1.26 bits per heavy atom. The first-order chi connectivity index (χ1) is 9.08. The van der Waals surface area contributed by atoms with Crippen LogP contribution in [0.4, 0.5) is 0 Å². The first-order valence-corrected chi connectivity index (χ1v) is 6.30. The lowest BCUT2D eigenvalue weighted by molar-refractivity contribution is -0.121. The highest BCUT2D eigenvalue weighted by atomic mass is 16.5. The smallest absolute Gasteiger partial charge is 0.220 e. The Morgan fingerprint density at radius 3 is 2.32 bits per heavy atom. The quantitative estimate of drug-likeness (QED) is 0.775. The van der Waals surface area contributed by atoms with E-state index in [1.54, 1.807) is 20.3 Å². The summed E-state index contributed by atoms with van der Waals surface area (Å²) in [5.41, 5.74) is 6.46. The molecule has 3 N–H and O–H groups in total. The summed E-state index contributed by atoms with van der Waals surface area (Å²) in [5.74, 6) is 1.45. The molecule has 0 aliphatic heterocycles. The molecule has 1 rings (SSSR count). The second-order valence-corrected chi connectivity index (χ2v) is 4.43. The zero-order valence-corrected chi connectivity index (χ0v) is 11.7. The van der Waals surface area contributed by atoms with E-state index in [-0.39, 0.29) is 11.9 Å². The van der Waals surface area contributed by atoms with Gasteiger partial charge in [0.05, 0.1) is 14.2 Å². The molecule has 0 aromatic heterocycles. The number of rotatable bonds is 7. The average molecular weight is 266 g/mol. The van der Waals surface area contributed by atoms with E-state index < -0.39 is 0 Å². The third kappa shape index (κ3) is 5.18. The van der Waals surface area contributed by atoms with Gasteiger partial charge in [0.15, 0.2) is 0 Å². The van der Waals surface area contributed by atoms with E-state index in [4.69, 9.17) is 15.2 Å². The molecule has 1 aromatic rings. The normalized spacial score (nSPS) is 11.8. The molecule has 5 heteroatoms. The molecule has 0 saturated carbocycles. The standard InChI is InChI=1S/C14H22N2O3/c1-10(9-15)16-14(17)5-4-11-6-12(18-2)8-13(7-11)19-3/h6-8,10H,4-5,9,15H2,1-3H3,(H,16,17)/t10-/m0/s1. The highest BCUT2D eigenvalue weighted by molar-refractivity contribution is 5.76. The minimum Gasteiger partial charge on any atom is -0.497 e. The van der Waals surface area contributed by atoms with Crippen LogP contribution >= 0.6 is 0 Å². The molecular weight excluding hydrogens is 244 g/mol. The van der Waals surface area contributed by atoms with Gasteiger partial charge >= 0.3 is 0 Å². The first kappa shape index (κ1) is 15.3. The number of aryl methyl sites for hydroxylation is 1. The van der Waals surface area contributed by atoms with Gasteiger partial charge in [0, 0.05) is 25.1 Å². The number of nitrogens with one attached hydrogen (secondary N) is 1. The van der Waals surface area contributed by atoms with Crippen molar-refractivity contribution in [1.29, 1.82) is 0 Å². The van der Waals surface area contributed by atoms with Gasteiger partial charge in [-0.1, -0.05) is 0 Å². The number of methoxy groups -OCH3 is 2. The Hall–Kier alpha value is -1.75. The first-order valence-electron chi connectivity index (χ1n) is 6.30. The summed E-state index contributed by atoms with van der Waals surface area (Å²) in [6.45, 7) is 2.32. The van der Waals surface area contributed by atoms with Gasteiger partial charge in [-0.05, 0) is 31.0 Å². The van der Waals surface area contributed by atoms with Gasteiger partial charge in [-0.25, -0.2) is 0 Å². The molecule has 1 amide bonds. The molecule has 106 valence electrons. The van der Waals surface area contributed by atoms with Crippen molar-refractivity contribution in [3.05, 3.63) is 23.8 Å². The van der Waals surface area contributed by atoms with E-state index in [0.717, 1.165) is 17.1 Å². The molecule has 5 nitrogen and oxygen atoms in total. The summed E-state index contributed by atoms with van der Waals surface area (Å²) in [6.07, 6.45) is 1.05. The Morgan fingerprint density at radius 2 is 1.84 bits per heavy atom. The lowest BCUT2D eigenvalue weighted by Gasteiger charge is -2.12. The lowest BCUT2D eigenvalue weighted by atomic mass is 10.1. The Balaban J connectivity index is 2.59. The fourth-order valence-electron chi connectivity index (χ4n) is 1.67. The van der Waals surface area contributed by atoms with Crippen molar-refractivity contribution < 1.29 is 14.3 Å². The number of hydrogen-bond acceptors (Lipinski definition) is 4. The van der Waals surface area contributed by atoms with Crippen molar-refractivity contribution in [3.63, 3.8) is 0 Å². The number of carbonyl (C=O) groups is 1. The van der Waals surface area contributed by atoms with Crippen LogP contribution in [-0.2, 0) is 11.2 Å². The highest BCUT2D eigenvalue weighted by Gasteiger charge is 2.07. The van der Waals surface area contributed by atoms with E-state index in [1.807, 2.05) is 19.1 Å². The van der Waals surface area contributed by atoms with Crippen molar-refractivity contribution in [1.82, 2.24) is 5.32 Å². The molecule has 1 atom stereocenters. The second-order valence-electron chi connectivity index (χ2n) is 4.43. The van der Waals surface area contributed by atoms with Crippen molar-refractivity contribution in [2.24, 2.45) is 5.73 Å². The van der Waals surface area contributed by atoms with Gasteiger partial charge in [0.1, 0.15) is 11.5 Å². The van der Waals surface area contributed by atoms with Crippen LogP contribution in [0.1, 0.15) is 18.9 Å². The molecule has 1 aromatic carbocycles. The van der Waals surface area contributed by atoms with Gasteiger partial charge in [0.2, 0.25) is 5.91 Å². The van der Waals surface area contributed by atoms with Crippen molar-refractivity contribution in [2.75, 3.05) is 20.8 Å². The summed E-state index contributed by atoms with van der Waals surface area (Å²) < 4.78 is 10.4. The maximum Gasteiger partial charge on any atom is 0.220 e. The Labute approximate surface area is 114 Å². The zero-order chi connectivity index (χ0) is 14.3. The third-order valence-electron chi connectivity index (χ3n) is 2.81. The topological polar surface area (TPSA) is 73.6 Å². The van der Waals surface area contributed by atoms with Crippen molar-refractivity contribution in [2.45, 2.75) is 25.8 Å². The number of benzene rings is 1. The molecule has 19 heavy (non-hydrogen) atoms. The SMILES string of the molecule is COc1cc(CCC(=O)N[C@@H](C)CN)cc(OC)c1. The highest BCUT2D eigenvalue weighted by Crippen LogP contribution is 2.23. The van der Waals surface area contributed by atoms with Crippen LogP contribution in [0, 0.1) is 0 Å². The molecule has 0 radical (unpaired) electrons. The number of carbonyl (C=O) groups excluding carboxylic acids is 1. The van der Waals surface area contributed by atoms with Crippen LogP contribution in [0.15, 0.2) is 18.2 Å². The molecule has 0 saturated heterocycles. The van der Waals surface area contributed by atoms with Gasteiger partial charge in [0.25, 0.3) is 0 Å². The van der Waals surface area contributed by atoms with Crippen molar-refractivity contribution >= 4 is 5.91 Å². The molecule has 0 aliphatic carbocycles. The number of amides is 1. The molecule has 0 spiro atoms. The van der Waals surface area contributed by atoms with E-state index >= 15 is 0 Å². The largest absolute Gasteiger partial charge is 0.497 e. The Bertz CT molecular complexity index is 399. The lowest BCUT2D eigenvalue weighted by Crippen LogP contribution is -2.37. The maximum absolute atomic E-state index is 11.7. The number of ether oxygens (including phenoxy) is 2. The average Bonchev–Trinajstić information content (AvgIpc) is 2.44. The van der Waals surface area contributed by atoms with E-state index in [2.05, 4.69) is 5.32 Å². The molecule has 0 fully saturated rings. The third-order valence-corrected chi connectivity index (χ3v) is 2.81. The second kappa shape index (κ2) is 7.63. The van der Waals surface area contributed by atoms with Gasteiger partial charge in [-0.15, -0.1) is 0 Å². The Kier molecular flexibility index (Phi) is 6.15. The van der Waals surface area contributed by atoms with E-state index in [1.165, 1.54) is 0 Å². The van der Waals surface area contributed by atoms with Crippen molar-refractivity contribution in [3.8, 4) is 11.5 Å². The summed E-state index contributed by atoms with van der Waals surface area (Å²) in [4.78, 5) is 11.7. The summed E-state index contributed by atoms with van der Waals surface area (Å²) in [5, 5.41) is 2.83. The number of hydrogen-bond donors (Lipinski definition) is 2. The maximum atomic E-state index is 11.7. The van der Waals surface area contributed by atoms with Crippen LogP contribution in [0.5, 0.6) is 11.5 Å². The van der Waals surface area contributed by atoms with E-state index in [0.29, 0.717) is 19.4 Å². The van der Waals surface area contributed by atoms with Crippen LogP contribution in [0.2, 0.25) is 0 Å². The predicted molar refractivity (Wildman–Crippen MR) is 74.5 cm³/mol. The van der Waals surface area contributed by atoms with Crippen LogP contribution in [-0.4, -0.2) is 32.7 Å². The summed E-state index contributed by atoms with van der Waals surface area (Å²) in [6, 6.07) is 5.62. The minimum atomic E-state index is -0.000244. The van der Waals surface area contributed by atoms with Crippen LogP contribution < -0.4 is 20.5 Å². The number of nitrogens with two attached hydrogens (primary N) is 1. The van der Waals surface area contributed by atoms with Gasteiger partial charge in [-0.3, -0.25) is 4.79 Å². The van der Waals surface area contributed by atoms with Crippen LogP contribution in [0.25, 0.3) is 0 Å². The molecule has 0 unspecified atom stereocenters. The fourth-order valence-corrected chi connectivity index (χ4v) is 1.67. The van der Waals surface area contributed by atoms with Crippen LogP contribution in [0.3, 0.4) is 0 Å². The zero-order valence-electron chi connectivity index (χ0n) is 11.7. The summed E-state index contributed by atoms with van der Waals surface area (Å²) in [7, 11) is 3.21. The molecule has 0 heterocycles. The predicted octanol–water partition coefficient (Wildman–Crippen LogP) is 1.10. The van der Waals surface area contributed by atoms with E-state index in [9.17, 15) is 4.79 Å². The van der Waals surface area contributed by atoms with Gasteiger partial charge < -0.3 is 20.5 Å². The molecule has 0 aliphatic rings. The summed E-state index contributed by atoms with van der Waals surface area (Å²) >= 11 is 0. The van der Waals surface area contributed by atoms with Gasteiger partial charge in [-0.2, -0.15) is 0 Å². The molecule has 0 bridgehead atoms. The fraction of sp³-hybridized carbons (Fsp3) is 0.500. The minimum absolute atomic E-state index is 0.000244. The monoisotopic (exact) mass is 266 g/mol.